The number of rotatable bonds is 8. The van der Waals surface area contributed by atoms with Crippen LogP contribution in [0.5, 0.6) is 5.75 Å². The second-order valence-electron chi connectivity index (χ2n) is 6.31. The maximum absolute atomic E-state index is 13.8. The molecule has 0 aliphatic carbocycles. The maximum Gasteiger partial charge on any atom is 0.357 e. The van der Waals surface area contributed by atoms with Crippen LogP contribution in [0, 0.1) is 6.92 Å². The molecule has 28 heavy (non-hydrogen) atoms. The highest BCUT2D eigenvalue weighted by Gasteiger charge is 2.39. The first-order valence-corrected chi connectivity index (χ1v) is 10.9. The van der Waals surface area contributed by atoms with Crippen molar-refractivity contribution in [3.63, 3.8) is 0 Å². The molecule has 3 rings (SSSR count). The fourth-order valence-corrected chi connectivity index (χ4v) is 5.16. The van der Waals surface area contributed by atoms with Crippen molar-refractivity contribution < 1.29 is 18.7 Å². The molecule has 0 radical (unpaired) electrons. The van der Waals surface area contributed by atoms with E-state index in [0.717, 1.165) is 16.5 Å². The largest absolute Gasteiger partial charge is 0.508 e. The van der Waals surface area contributed by atoms with Gasteiger partial charge in [0.25, 0.3) is 0 Å². The Morgan fingerprint density at radius 3 is 2.43 bits per heavy atom. The molecule has 2 N–H and O–H groups in total. The van der Waals surface area contributed by atoms with E-state index >= 15 is 0 Å². The van der Waals surface area contributed by atoms with E-state index in [1.54, 1.807) is 26.0 Å². The maximum atomic E-state index is 13.8. The van der Waals surface area contributed by atoms with Crippen molar-refractivity contribution in [2.24, 2.45) is 0 Å². The van der Waals surface area contributed by atoms with Crippen LogP contribution in [0.4, 0.5) is 5.82 Å². The number of nitrogens with one attached hydrogen (secondary N) is 1. The van der Waals surface area contributed by atoms with Crippen LogP contribution in [-0.4, -0.2) is 23.3 Å². The number of hydrogen-bond donors (Lipinski definition) is 2. The van der Waals surface area contributed by atoms with E-state index in [2.05, 4.69) is 10.3 Å². The van der Waals surface area contributed by atoms with E-state index in [0.29, 0.717) is 11.4 Å². The van der Waals surface area contributed by atoms with Crippen LogP contribution in [-0.2, 0) is 13.6 Å². The zero-order valence-electron chi connectivity index (χ0n) is 16.3. The number of anilines is 1. The van der Waals surface area contributed by atoms with Crippen molar-refractivity contribution in [2.45, 2.75) is 26.6 Å². The first kappa shape index (κ1) is 20.3. The zero-order chi connectivity index (χ0) is 20.1. The quantitative estimate of drug-likeness (QED) is 0.477. The summed E-state index contributed by atoms with van der Waals surface area (Å²) in [5, 5.41) is 15.6. The number of phenols is 1. The second kappa shape index (κ2) is 8.74. The van der Waals surface area contributed by atoms with Gasteiger partial charge in [-0.2, -0.15) is 0 Å². The van der Waals surface area contributed by atoms with Gasteiger partial charge in [0, 0.05) is 11.3 Å². The van der Waals surface area contributed by atoms with Gasteiger partial charge in [-0.1, -0.05) is 36.4 Å². The van der Waals surface area contributed by atoms with Crippen molar-refractivity contribution >= 4 is 24.2 Å². The normalized spacial score (nSPS) is 12.8. The lowest BCUT2D eigenvalue weighted by molar-refractivity contribution is 0.214. The fourth-order valence-electron chi connectivity index (χ4n) is 3.19. The Bertz CT molecular complexity index is 999. The Morgan fingerprint density at radius 2 is 1.75 bits per heavy atom. The molecule has 1 heterocycles. The number of phenolic OH excluding ortho intramolecular Hbond substituents is 1. The number of aromatic nitrogens is 1. The smallest absolute Gasteiger partial charge is 0.357 e. The molecule has 0 fully saturated rings. The van der Waals surface area contributed by atoms with Crippen molar-refractivity contribution in [3.8, 4) is 5.75 Å². The molecule has 0 amide bonds. The zero-order valence-corrected chi connectivity index (χ0v) is 17.1. The molecule has 0 bridgehead atoms. The van der Waals surface area contributed by atoms with Crippen LogP contribution in [0.15, 0.2) is 54.6 Å². The molecule has 7 heteroatoms. The highest BCUT2D eigenvalue weighted by molar-refractivity contribution is 7.54. The van der Waals surface area contributed by atoms with Crippen molar-refractivity contribution in [2.75, 3.05) is 18.5 Å². The Morgan fingerprint density at radius 1 is 1.04 bits per heavy atom. The number of aryl methyl sites for hydroxylation is 1. The summed E-state index contributed by atoms with van der Waals surface area (Å²) in [4.78, 5) is 4.46. The minimum Gasteiger partial charge on any atom is -0.508 e. The summed E-state index contributed by atoms with van der Waals surface area (Å²) < 4.78 is 25.0. The number of aromatic hydroxyl groups is 1. The second-order valence-corrected chi connectivity index (χ2v) is 8.42. The van der Waals surface area contributed by atoms with Crippen molar-refractivity contribution in [1.29, 1.82) is 0 Å². The first-order valence-electron chi connectivity index (χ1n) is 9.28. The SMILES string of the molecule is CCOP(=O)(OCC)C(Nc1cccc(C)n1)c1c(O)ccc2ccccc12. The number of hydrogen-bond acceptors (Lipinski definition) is 6. The van der Waals surface area contributed by atoms with Crippen LogP contribution in [0.1, 0.15) is 30.9 Å². The van der Waals surface area contributed by atoms with Gasteiger partial charge in [0.05, 0.1) is 13.2 Å². The number of pyridine rings is 1. The van der Waals surface area contributed by atoms with Crippen LogP contribution >= 0.6 is 7.60 Å². The Labute approximate surface area is 165 Å². The third kappa shape index (κ3) is 4.20. The molecule has 148 valence electrons. The fraction of sp³-hybridized carbons (Fsp3) is 0.286. The van der Waals surface area contributed by atoms with Crippen LogP contribution in [0.2, 0.25) is 0 Å². The monoisotopic (exact) mass is 400 g/mol. The van der Waals surface area contributed by atoms with E-state index in [4.69, 9.17) is 9.05 Å². The average Bonchev–Trinajstić information content (AvgIpc) is 2.67. The van der Waals surface area contributed by atoms with Gasteiger partial charge in [-0.05, 0) is 49.7 Å². The van der Waals surface area contributed by atoms with Crippen molar-refractivity contribution in [3.05, 3.63) is 65.9 Å². The van der Waals surface area contributed by atoms with Gasteiger partial charge in [0.1, 0.15) is 11.6 Å². The summed E-state index contributed by atoms with van der Waals surface area (Å²) in [5.41, 5.74) is 1.28. The molecule has 0 saturated heterocycles. The average molecular weight is 400 g/mol. The van der Waals surface area contributed by atoms with E-state index in [1.807, 2.05) is 49.4 Å². The summed E-state index contributed by atoms with van der Waals surface area (Å²) in [6, 6.07) is 16.5. The number of fused-ring (bicyclic) bond motifs is 1. The molecule has 0 saturated carbocycles. The van der Waals surface area contributed by atoms with Crippen LogP contribution in [0.25, 0.3) is 10.8 Å². The first-order chi connectivity index (χ1) is 13.5. The van der Waals surface area contributed by atoms with Crippen LogP contribution < -0.4 is 5.32 Å². The molecule has 0 aliphatic rings. The van der Waals surface area contributed by atoms with E-state index in [-0.39, 0.29) is 19.0 Å². The molecule has 2 aromatic carbocycles. The molecule has 3 aromatic rings. The predicted octanol–water partition coefficient (Wildman–Crippen LogP) is 5.63. The van der Waals surface area contributed by atoms with Gasteiger partial charge in [-0.3, -0.25) is 4.57 Å². The Balaban J connectivity index is 2.21. The molecule has 1 unspecified atom stereocenters. The lowest BCUT2D eigenvalue weighted by atomic mass is 10.0. The number of nitrogens with zero attached hydrogens (tertiary/aromatic N) is 1. The van der Waals surface area contributed by atoms with Crippen molar-refractivity contribution in [1.82, 2.24) is 4.98 Å². The molecular weight excluding hydrogens is 375 g/mol. The van der Waals surface area contributed by atoms with Crippen LogP contribution in [0.3, 0.4) is 0 Å². The van der Waals surface area contributed by atoms with Gasteiger partial charge in [-0.25, -0.2) is 4.98 Å². The standard InChI is InChI=1S/C21H25N2O4P/c1-4-26-28(25,27-5-2)21(23-19-12-8-9-15(3)22-19)20-17-11-7-6-10-16(17)13-14-18(20)24/h6-14,21,24H,4-5H2,1-3H3,(H,22,23). The number of benzene rings is 2. The van der Waals surface area contributed by atoms with Gasteiger partial charge in [-0.15, -0.1) is 0 Å². The summed E-state index contributed by atoms with van der Waals surface area (Å²) in [6.07, 6.45) is 0. The summed E-state index contributed by atoms with van der Waals surface area (Å²) >= 11 is 0. The van der Waals surface area contributed by atoms with E-state index < -0.39 is 13.4 Å². The molecule has 6 nitrogen and oxygen atoms in total. The molecular formula is C21H25N2O4P. The third-order valence-electron chi connectivity index (χ3n) is 4.33. The summed E-state index contributed by atoms with van der Waals surface area (Å²) in [5.74, 6) is -0.381. The van der Waals surface area contributed by atoms with Gasteiger partial charge in [0.2, 0.25) is 0 Å². The Hall–Kier alpha value is -2.40. The van der Waals surface area contributed by atoms with Gasteiger partial charge < -0.3 is 19.5 Å². The van der Waals surface area contributed by atoms with Gasteiger partial charge in [0.15, 0.2) is 5.78 Å². The third-order valence-corrected chi connectivity index (χ3v) is 6.58. The Kier molecular flexibility index (Phi) is 6.35. The topological polar surface area (TPSA) is 80.7 Å². The molecule has 0 aliphatic heterocycles. The summed E-state index contributed by atoms with van der Waals surface area (Å²) in [7, 11) is -3.67. The predicted molar refractivity (Wildman–Crippen MR) is 112 cm³/mol. The lowest BCUT2D eigenvalue weighted by Gasteiger charge is -2.29. The summed E-state index contributed by atoms with van der Waals surface area (Å²) in [6.45, 7) is 5.82. The lowest BCUT2D eigenvalue weighted by Crippen LogP contribution is -2.16. The highest BCUT2D eigenvalue weighted by Crippen LogP contribution is 2.62. The minimum atomic E-state index is -3.67. The van der Waals surface area contributed by atoms with Gasteiger partial charge >= 0.3 is 7.60 Å². The highest BCUT2D eigenvalue weighted by atomic mass is 31.2. The molecule has 1 atom stereocenters. The van der Waals surface area contributed by atoms with E-state index in [1.165, 1.54) is 0 Å². The molecule has 1 aromatic heterocycles. The minimum absolute atomic E-state index is 0.0171. The molecule has 0 spiro atoms. The van der Waals surface area contributed by atoms with E-state index in [9.17, 15) is 9.67 Å².